The fraction of sp³-hybridized carbons (Fsp3) is 0.222. The molecule has 0 amide bonds. The third-order valence-corrected chi connectivity index (χ3v) is 6.36. The van der Waals surface area contributed by atoms with Crippen LogP contribution in [-0.4, -0.2) is 20.8 Å². The second-order valence-corrected chi connectivity index (χ2v) is 9.48. The van der Waals surface area contributed by atoms with E-state index in [4.69, 9.17) is 4.74 Å². The largest absolute Gasteiger partial charge is 0.482 e. The van der Waals surface area contributed by atoms with Gasteiger partial charge < -0.3 is 4.74 Å². The highest BCUT2D eigenvalue weighted by atomic mass is 79.9. The number of aromatic nitrogens is 2. The van der Waals surface area contributed by atoms with Gasteiger partial charge in [-0.05, 0) is 49.2 Å². The van der Waals surface area contributed by atoms with Crippen molar-refractivity contribution in [1.29, 1.82) is 0 Å². The van der Waals surface area contributed by atoms with E-state index in [0.717, 1.165) is 22.0 Å². The standard InChI is InChI=1S/C27H25BrN4O4/c1-4-18(3)26-30-23-10-9-21(28)14-22(23)27(33)31(26)29-15-19-8-11-25(24(13-19)32(34)35)36-16-20-7-5-6-17(2)12-20/h5-15,18H,4,16H2,1-3H3/t18-/m1/s1. The molecule has 0 aliphatic carbocycles. The van der Waals surface area contributed by atoms with Gasteiger partial charge in [-0.1, -0.05) is 59.6 Å². The molecule has 0 saturated carbocycles. The molecule has 0 saturated heterocycles. The van der Waals surface area contributed by atoms with E-state index < -0.39 is 4.92 Å². The smallest absolute Gasteiger partial charge is 0.311 e. The van der Waals surface area contributed by atoms with Crippen LogP contribution in [0.25, 0.3) is 10.9 Å². The third-order valence-electron chi connectivity index (χ3n) is 5.87. The molecule has 0 radical (unpaired) electrons. The number of hydrogen-bond acceptors (Lipinski definition) is 6. The minimum atomic E-state index is -0.491. The van der Waals surface area contributed by atoms with Crippen LogP contribution in [0.1, 0.15) is 48.7 Å². The summed E-state index contributed by atoms with van der Waals surface area (Å²) >= 11 is 3.40. The first-order valence-electron chi connectivity index (χ1n) is 11.5. The second-order valence-electron chi connectivity index (χ2n) is 8.56. The summed E-state index contributed by atoms with van der Waals surface area (Å²) in [5.41, 5.74) is 2.57. The summed E-state index contributed by atoms with van der Waals surface area (Å²) in [6.07, 6.45) is 2.19. The van der Waals surface area contributed by atoms with Crippen LogP contribution in [0, 0.1) is 17.0 Å². The number of benzene rings is 3. The highest BCUT2D eigenvalue weighted by molar-refractivity contribution is 9.10. The minimum Gasteiger partial charge on any atom is -0.482 e. The summed E-state index contributed by atoms with van der Waals surface area (Å²) in [5, 5.41) is 16.6. The van der Waals surface area contributed by atoms with Crippen LogP contribution in [-0.2, 0) is 6.61 Å². The Hall–Kier alpha value is -3.85. The molecule has 4 aromatic rings. The lowest BCUT2D eigenvalue weighted by molar-refractivity contribution is -0.385. The number of halogens is 1. The normalized spacial score (nSPS) is 12.2. The predicted octanol–water partition coefficient (Wildman–Crippen LogP) is 6.35. The van der Waals surface area contributed by atoms with Crippen molar-refractivity contribution >= 4 is 38.7 Å². The molecule has 0 spiro atoms. The predicted molar refractivity (Wildman–Crippen MR) is 144 cm³/mol. The number of rotatable bonds is 8. The average Bonchev–Trinajstić information content (AvgIpc) is 2.87. The molecule has 1 atom stereocenters. The Kier molecular flexibility index (Phi) is 7.59. The number of aryl methyl sites for hydroxylation is 1. The van der Waals surface area contributed by atoms with Gasteiger partial charge in [-0.3, -0.25) is 14.9 Å². The molecule has 0 aliphatic heterocycles. The Morgan fingerprint density at radius 1 is 1.19 bits per heavy atom. The van der Waals surface area contributed by atoms with E-state index in [1.54, 1.807) is 24.3 Å². The Labute approximate surface area is 216 Å². The van der Waals surface area contributed by atoms with Crippen LogP contribution in [0.3, 0.4) is 0 Å². The Morgan fingerprint density at radius 3 is 2.72 bits per heavy atom. The molecule has 0 aliphatic rings. The zero-order valence-electron chi connectivity index (χ0n) is 20.1. The molecule has 1 heterocycles. The molecule has 36 heavy (non-hydrogen) atoms. The molecule has 0 fully saturated rings. The molecule has 9 heteroatoms. The summed E-state index contributed by atoms with van der Waals surface area (Å²) in [7, 11) is 0. The van der Waals surface area contributed by atoms with Crippen LogP contribution in [0.5, 0.6) is 5.75 Å². The monoisotopic (exact) mass is 548 g/mol. The number of fused-ring (bicyclic) bond motifs is 1. The van der Waals surface area contributed by atoms with Gasteiger partial charge in [0.1, 0.15) is 12.4 Å². The van der Waals surface area contributed by atoms with E-state index >= 15 is 0 Å². The van der Waals surface area contributed by atoms with Crippen molar-refractivity contribution in [3.63, 3.8) is 0 Å². The Morgan fingerprint density at radius 2 is 2.00 bits per heavy atom. The lowest BCUT2D eigenvalue weighted by Crippen LogP contribution is -2.23. The summed E-state index contributed by atoms with van der Waals surface area (Å²) in [6.45, 7) is 6.17. The summed E-state index contributed by atoms with van der Waals surface area (Å²) < 4.78 is 7.78. The first-order valence-corrected chi connectivity index (χ1v) is 12.3. The van der Waals surface area contributed by atoms with Crippen molar-refractivity contribution in [2.24, 2.45) is 5.10 Å². The maximum absolute atomic E-state index is 13.3. The van der Waals surface area contributed by atoms with E-state index in [2.05, 4.69) is 26.0 Å². The zero-order valence-corrected chi connectivity index (χ0v) is 21.7. The van der Waals surface area contributed by atoms with Crippen LogP contribution in [0.4, 0.5) is 5.69 Å². The van der Waals surface area contributed by atoms with E-state index in [-0.39, 0.29) is 29.5 Å². The molecule has 0 N–H and O–H groups in total. The van der Waals surface area contributed by atoms with Gasteiger partial charge in [0.2, 0.25) is 0 Å². The van der Waals surface area contributed by atoms with Gasteiger partial charge in [0.05, 0.1) is 22.0 Å². The molecule has 3 aromatic carbocycles. The zero-order chi connectivity index (χ0) is 25.8. The molecule has 0 unspecified atom stereocenters. The van der Waals surface area contributed by atoms with Gasteiger partial charge in [-0.15, -0.1) is 0 Å². The fourth-order valence-electron chi connectivity index (χ4n) is 3.75. The molecule has 4 rings (SSSR count). The SMILES string of the molecule is CC[C@@H](C)c1nc2ccc(Br)cc2c(=O)n1N=Cc1ccc(OCc2cccc(C)c2)c([N+](=O)[O-])c1. The molecular formula is C27H25BrN4O4. The minimum absolute atomic E-state index is 0.0189. The molecule has 8 nitrogen and oxygen atoms in total. The first kappa shape index (κ1) is 25.2. The van der Waals surface area contributed by atoms with Crippen molar-refractivity contribution in [3.8, 4) is 5.75 Å². The van der Waals surface area contributed by atoms with Gasteiger partial charge in [0.25, 0.3) is 5.56 Å². The van der Waals surface area contributed by atoms with Crippen molar-refractivity contribution in [2.75, 3.05) is 0 Å². The third kappa shape index (κ3) is 5.52. The fourth-order valence-corrected chi connectivity index (χ4v) is 4.11. The summed E-state index contributed by atoms with van der Waals surface area (Å²) in [5.74, 6) is 0.671. The highest BCUT2D eigenvalue weighted by Gasteiger charge is 2.18. The second kappa shape index (κ2) is 10.8. The average molecular weight is 549 g/mol. The van der Waals surface area contributed by atoms with Gasteiger partial charge in [-0.2, -0.15) is 9.78 Å². The van der Waals surface area contributed by atoms with Crippen LogP contribution in [0.2, 0.25) is 0 Å². The lowest BCUT2D eigenvalue weighted by Gasteiger charge is -2.14. The summed E-state index contributed by atoms with van der Waals surface area (Å²) in [6, 6.07) is 17.7. The van der Waals surface area contributed by atoms with Crippen molar-refractivity contribution < 1.29 is 9.66 Å². The van der Waals surface area contributed by atoms with Crippen LogP contribution < -0.4 is 10.3 Å². The van der Waals surface area contributed by atoms with Gasteiger partial charge in [0, 0.05) is 22.0 Å². The van der Waals surface area contributed by atoms with Gasteiger partial charge in [-0.25, -0.2) is 4.98 Å². The summed E-state index contributed by atoms with van der Waals surface area (Å²) in [4.78, 5) is 29.2. The molecule has 0 bridgehead atoms. The number of hydrogen-bond donors (Lipinski definition) is 0. The maximum Gasteiger partial charge on any atom is 0.311 e. The van der Waals surface area contributed by atoms with Gasteiger partial charge >= 0.3 is 5.69 Å². The van der Waals surface area contributed by atoms with Crippen molar-refractivity contribution in [3.05, 3.63) is 108 Å². The number of nitrogens with zero attached hydrogens (tertiary/aromatic N) is 4. The quantitative estimate of drug-likeness (QED) is 0.145. The molecule has 1 aromatic heterocycles. The Balaban J connectivity index is 1.69. The van der Waals surface area contributed by atoms with Gasteiger partial charge in [0.15, 0.2) is 5.75 Å². The number of nitro groups is 1. The topological polar surface area (TPSA) is 99.6 Å². The number of ether oxygens (including phenoxy) is 1. The van der Waals surface area contributed by atoms with E-state index in [0.29, 0.717) is 22.3 Å². The van der Waals surface area contributed by atoms with E-state index in [1.807, 2.05) is 51.1 Å². The maximum atomic E-state index is 13.3. The Bertz CT molecular complexity index is 1530. The molecular weight excluding hydrogens is 524 g/mol. The number of nitro benzene ring substituents is 1. The highest BCUT2D eigenvalue weighted by Crippen LogP contribution is 2.28. The van der Waals surface area contributed by atoms with Crippen LogP contribution in [0.15, 0.2) is 75.0 Å². The van der Waals surface area contributed by atoms with Crippen molar-refractivity contribution in [2.45, 2.75) is 39.7 Å². The van der Waals surface area contributed by atoms with E-state index in [1.165, 1.54) is 17.0 Å². The first-order chi connectivity index (χ1) is 17.3. The van der Waals surface area contributed by atoms with Crippen LogP contribution >= 0.6 is 15.9 Å². The van der Waals surface area contributed by atoms with Crippen molar-refractivity contribution in [1.82, 2.24) is 9.66 Å². The lowest BCUT2D eigenvalue weighted by atomic mass is 10.1. The van der Waals surface area contributed by atoms with E-state index in [9.17, 15) is 14.9 Å². The molecule has 184 valence electrons.